The highest BCUT2D eigenvalue weighted by Crippen LogP contribution is 2.33. The summed E-state index contributed by atoms with van der Waals surface area (Å²) >= 11 is 0. The van der Waals surface area contributed by atoms with Crippen molar-refractivity contribution < 1.29 is 13.6 Å². The summed E-state index contributed by atoms with van der Waals surface area (Å²) in [6, 6.07) is 9.67. The monoisotopic (exact) mass is 495 g/mol. The maximum Gasteiger partial charge on any atom is 0.304 e. The summed E-state index contributed by atoms with van der Waals surface area (Å²) in [5.74, 6) is -2.37. The number of carbonyl (C=O) groups is 1. The molecule has 0 radical (unpaired) electrons. The highest BCUT2D eigenvalue weighted by atomic mass is 19.3. The van der Waals surface area contributed by atoms with E-state index in [1.54, 1.807) is 17.8 Å². The Morgan fingerprint density at radius 2 is 1.97 bits per heavy atom. The van der Waals surface area contributed by atoms with E-state index in [0.29, 0.717) is 18.0 Å². The van der Waals surface area contributed by atoms with Crippen LogP contribution in [0.1, 0.15) is 73.0 Å². The van der Waals surface area contributed by atoms with Gasteiger partial charge in [-0.3, -0.25) is 14.7 Å². The van der Waals surface area contributed by atoms with Crippen LogP contribution in [-0.4, -0.2) is 44.5 Å². The van der Waals surface area contributed by atoms with Crippen LogP contribution >= 0.6 is 0 Å². The van der Waals surface area contributed by atoms with Gasteiger partial charge in [-0.15, -0.1) is 0 Å². The van der Waals surface area contributed by atoms with Gasteiger partial charge in [-0.1, -0.05) is 19.1 Å². The molecule has 3 heterocycles. The van der Waals surface area contributed by atoms with Crippen molar-refractivity contribution in [2.75, 3.05) is 13.1 Å². The van der Waals surface area contributed by atoms with E-state index in [1.807, 2.05) is 30.3 Å². The van der Waals surface area contributed by atoms with Crippen molar-refractivity contribution in [1.82, 2.24) is 24.8 Å². The number of benzene rings is 1. The van der Waals surface area contributed by atoms with E-state index in [4.69, 9.17) is 0 Å². The van der Waals surface area contributed by atoms with Crippen LogP contribution in [0.5, 0.6) is 0 Å². The smallest absolute Gasteiger partial charge is 0.304 e. The molecule has 2 aromatic heterocycles. The van der Waals surface area contributed by atoms with E-state index in [0.717, 1.165) is 73.9 Å². The maximum absolute atomic E-state index is 14.3. The number of aromatic nitrogens is 3. The molecule has 0 atom stereocenters. The van der Waals surface area contributed by atoms with Crippen molar-refractivity contribution in [3.63, 3.8) is 0 Å². The number of nitrogens with zero attached hydrogens (tertiary/aromatic N) is 4. The fourth-order valence-corrected chi connectivity index (χ4v) is 5.78. The average molecular weight is 496 g/mol. The third-order valence-corrected chi connectivity index (χ3v) is 8.03. The van der Waals surface area contributed by atoms with Crippen LogP contribution in [-0.2, 0) is 25.9 Å². The summed E-state index contributed by atoms with van der Waals surface area (Å²) in [4.78, 5) is 24.0. The molecule has 1 aliphatic carbocycles. The van der Waals surface area contributed by atoms with Crippen molar-refractivity contribution >= 4 is 16.8 Å². The fourth-order valence-electron chi connectivity index (χ4n) is 5.78. The number of pyridine rings is 1. The fraction of sp³-hybridized carbons (Fsp3) is 0.536. The minimum Gasteiger partial charge on any atom is -0.349 e. The largest absolute Gasteiger partial charge is 0.349 e. The number of carbonyl (C=O) groups excluding carboxylic acids is 1. The minimum absolute atomic E-state index is 0.0236. The molecule has 0 bridgehead atoms. The lowest BCUT2D eigenvalue weighted by molar-refractivity contribution is -0.0203. The lowest BCUT2D eigenvalue weighted by atomic mass is 9.84. The predicted molar refractivity (Wildman–Crippen MR) is 136 cm³/mol. The first-order chi connectivity index (χ1) is 17.4. The molecule has 192 valence electrons. The molecule has 3 aromatic rings. The van der Waals surface area contributed by atoms with Crippen LogP contribution in [0.2, 0.25) is 0 Å². The number of amides is 1. The second-order valence-electron chi connectivity index (χ2n) is 10.3. The van der Waals surface area contributed by atoms with Crippen molar-refractivity contribution in [3.05, 3.63) is 59.3 Å². The number of hydrogen-bond donors (Lipinski definition) is 1. The molecule has 5 rings (SSSR count). The Morgan fingerprint density at radius 3 is 2.75 bits per heavy atom. The summed E-state index contributed by atoms with van der Waals surface area (Å²) in [5.41, 5.74) is 3.27. The van der Waals surface area contributed by atoms with Gasteiger partial charge in [0, 0.05) is 61.9 Å². The highest BCUT2D eigenvalue weighted by molar-refractivity contribution is 6.06. The van der Waals surface area contributed by atoms with Crippen LogP contribution in [0.25, 0.3) is 10.9 Å². The van der Waals surface area contributed by atoms with Crippen molar-refractivity contribution in [3.8, 4) is 0 Å². The predicted octanol–water partition coefficient (Wildman–Crippen LogP) is 5.21. The Kier molecular flexibility index (Phi) is 7.06. The Bertz CT molecular complexity index is 1230. The molecule has 0 unspecified atom stereocenters. The van der Waals surface area contributed by atoms with E-state index >= 15 is 0 Å². The van der Waals surface area contributed by atoms with Crippen LogP contribution in [0.15, 0.2) is 36.5 Å². The van der Waals surface area contributed by atoms with Crippen LogP contribution in [0.4, 0.5) is 8.78 Å². The van der Waals surface area contributed by atoms with Crippen molar-refractivity contribution in [1.29, 1.82) is 0 Å². The summed E-state index contributed by atoms with van der Waals surface area (Å²) < 4.78 is 30.2. The van der Waals surface area contributed by atoms with Gasteiger partial charge in [0.25, 0.3) is 5.91 Å². The van der Waals surface area contributed by atoms with E-state index in [9.17, 15) is 13.6 Å². The number of imidazole rings is 1. The van der Waals surface area contributed by atoms with Crippen LogP contribution in [0.3, 0.4) is 0 Å². The molecular weight excluding hydrogens is 460 g/mol. The number of halogens is 2. The minimum atomic E-state index is -2.88. The highest BCUT2D eigenvalue weighted by Gasteiger charge is 2.37. The average Bonchev–Trinajstić information content (AvgIpc) is 3.24. The molecule has 6 nitrogen and oxygen atoms in total. The van der Waals surface area contributed by atoms with Gasteiger partial charge in [0.15, 0.2) is 5.82 Å². The van der Waals surface area contributed by atoms with Gasteiger partial charge in [-0.25, -0.2) is 4.98 Å². The Labute approximate surface area is 211 Å². The lowest BCUT2D eigenvalue weighted by Crippen LogP contribution is -2.38. The molecule has 2 aliphatic rings. The Hall–Kier alpha value is -2.87. The molecule has 36 heavy (non-hydrogen) atoms. The number of fused-ring (bicyclic) bond motifs is 2. The molecule has 0 spiro atoms. The molecule has 1 amide bonds. The molecule has 1 aromatic carbocycles. The first-order valence-electron chi connectivity index (χ1n) is 13.2. The van der Waals surface area contributed by atoms with Crippen LogP contribution in [0, 0.1) is 5.92 Å². The molecule has 1 N–H and O–H groups in total. The van der Waals surface area contributed by atoms with Gasteiger partial charge in [0.05, 0.1) is 11.2 Å². The van der Waals surface area contributed by atoms with Gasteiger partial charge >= 0.3 is 5.92 Å². The third kappa shape index (κ3) is 5.01. The molecule has 1 aliphatic heterocycles. The number of nitrogens with one attached hydrogen (secondary N) is 1. The number of rotatable bonds is 7. The normalized spacial score (nSPS) is 20.9. The van der Waals surface area contributed by atoms with E-state index in [2.05, 4.69) is 20.2 Å². The van der Waals surface area contributed by atoms with Gasteiger partial charge in [-0.05, 0) is 62.8 Å². The summed E-state index contributed by atoms with van der Waals surface area (Å²) in [5, 5.41) is 4.12. The molecular formula is C28H35F2N5O. The SMILES string of the molecule is CCC(F)(F)c1nc2c(n1C)CCN(CCC1CCC(NC(=O)c3cccc4ncccc34)CC1)C2. The van der Waals surface area contributed by atoms with Crippen molar-refractivity contribution in [2.24, 2.45) is 13.0 Å². The van der Waals surface area contributed by atoms with Gasteiger partial charge in [-0.2, -0.15) is 8.78 Å². The second-order valence-corrected chi connectivity index (χ2v) is 10.3. The van der Waals surface area contributed by atoms with Crippen molar-refractivity contribution in [2.45, 2.75) is 70.4 Å². The standard InChI is InChI=1S/C28H35F2N5O/c1-3-28(29,30)27-33-24-18-35(17-14-25(24)34(27)2)16-13-19-9-11-20(12-10-19)32-26(36)22-6-4-8-23-21(22)7-5-15-31-23/h4-8,15,19-20H,3,9-14,16-18H2,1-2H3,(H,32,36). The van der Waals surface area contributed by atoms with E-state index < -0.39 is 5.92 Å². The summed E-state index contributed by atoms with van der Waals surface area (Å²) in [6.45, 7) is 3.99. The quantitative estimate of drug-likeness (QED) is 0.489. The molecule has 1 fully saturated rings. The Balaban J connectivity index is 1.10. The second kappa shape index (κ2) is 10.2. The van der Waals surface area contributed by atoms with Crippen LogP contribution < -0.4 is 5.32 Å². The third-order valence-electron chi connectivity index (χ3n) is 8.03. The summed E-state index contributed by atoms with van der Waals surface area (Å²) in [7, 11) is 1.72. The molecule has 1 saturated carbocycles. The number of hydrogen-bond acceptors (Lipinski definition) is 4. The van der Waals surface area contributed by atoms with E-state index in [-0.39, 0.29) is 24.2 Å². The molecule has 0 saturated heterocycles. The van der Waals surface area contributed by atoms with E-state index in [1.165, 1.54) is 6.92 Å². The molecule has 8 heteroatoms. The first kappa shape index (κ1) is 24.8. The number of alkyl halides is 2. The topological polar surface area (TPSA) is 63.1 Å². The summed E-state index contributed by atoms with van der Waals surface area (Å²) in [6.07, 6.45) is 7.53. The first-order valence-corrected chi connectivity index (χ1v) is 13.2. The zero-order valence-electron chi connectivity index (χ0n) is 21.1. The Morgan fingerprint density at radius 1 is 1.17 bits per heavy atom. The van der Waals surface area contributed by atoms with Gasteiger partial charge in [0.1, 0.15) is 0 Å². The van der Waals surface area contributed by atoms with Gasteiger partial charge < -0.3 is 9.88 Å². The lowest BCUT2D eigenvalue weighted by Gasteiger charge is -2.32. The zero-order chi connectivity index (χ0) is 25.3. The van der Waals surface area contributed by atoms with Gasteiger partial charge in [0.2, 0.25) is 0 Å². The maximum atomic E-state index is 14.3. The zero-order valence-corrected chi connectivity index (χ0v) is 21.1.